The second-order valence-electron chi connectivity index (χ2n) is 13.9. The van der Waals surface area contributed by atoms with Gasteiger partial charge in [0, 0.05) is 68.5 Å². The number of rotatable bonds is 13. The van der Waals surface area contributed by atoms with Gasteiger partial charge in [-0.05, 0) is 61.9 Å². The minimum absolute atomic E-state index is 0.0754. The Morgan fingerprint density at radius 2 is 1.74 bits per heavy atom. The van der Waals surface area contributed by atoms with Gasteiger partial charge in [0.15, 0.2) is 11.5 Å². The molecule has 0 spiro atoms. The number of pyridine rings is 1. The highest BCUT2D eigenvalue weighted by atomic mass is 16.5. The standard InChI is InChI=1S/C40H41N11O6/c1-3-18-49-37(54)28-24-42-40(46-35(28)51(49)31-9-5-10-33(44-31)57-2)43-25-11-13-26(14-12-25)48-22-20-47(21-23-48)19-6-17-41-29-8-4-7-27-34(29)39(56)50(38(27)55)30-15-16-32(52)45-36(30)53/h3-5,7-14,24,30,41H,1,6,15-23H2,2H3,(H,42,43,46)(H,45,52,53). The number of carbonyl (C=O) groups is 4. The van der Waals surface area contributed by atoms with E-state index in [9.17, 15) is 24.0 Å². The van der Waals surface area contributed by atoms with Crippen molar-refractivity contribution in [1.82, 2.24) is 39.4 Å². The molecule has 2 saturated heterocycles. The Morgan fingerprint density at radius 3 is 2.49 bits per heavy atom. The summed E-state index contributed by atoms with van der Waals surface area (Å²) in [5.41, 5.74) is 3.12. The number of methoxy groups -OCH3 is 1. The lowest BCUT2D eigenvalue weighted by molar-refractivity contribution is -0.136. The first-order valence-corrected chi connectivity index (χ1v) is 18.8. The lowest BCUT2D eigenvalue weighted by Gasteiger charge is -2.36. The fraction of sp³-hybridized carbons (Fsp3) is 0.300. The van der Waals surface area contributed by atoms with Crippen molar-refractivity contribution in [3.05, 3.63) is 101 Å². The van der Waals surface area contributed by atoms with E-state index < -0.39 is 29.7 Å². The Bertz CT molecular complexity index is 2450. The van der Waals surface area contributed by atoms with Gasteiger partial charge < -0.3 is 20.3 Å². The van der Waals surface area contributed by atoms with E-state index in [1.165, 1.54) is 18.0 Å². The monoisotopic (exact) mass is 771 g/mol. The molecule has 17 heteroatoms. The zero-order valence-corrected chi connectivity index (χ0v) is 31.3. The fourth-order valence-corrected chi connectivity index (χ4v) is 7.55. The van der Waals surface area contributed by atoms with Crippen molar-refractivity contribution in [2.45, 2.75) is 31.8 Å². The third-order valence-electron chi connectivity index (χ3n) is 10.4. The highest BCUT2D eigenvalue weighted by molar-refractivity contribution is 6.25. The van der Waals surface area contributed by atoms with Crippen LogP contribution < -0.4 is 31.1 Å². The molecule has 8 rings (SSSR count). The number of carbonyl (C=O) groups excluding carboxylic acids is 4. The van der Waals surface area contributed by atoms with Crippen LogP contribution in [0.1, 0.15) is 40.0 Å². The number of benzene rings is 2. The van der Waals surface area contributed by atoms with Crippen molar-refractivity contribution in [3.63, 3.8) is 0 Å². The summed E-state index contributed by atoms with van der Waals surface area (Å²) >= 11 is 0. The number of nitrogens with zero attached hydrogens (tertiary/aromatic N) is 8. The van der Waals surface area contributed by atoms with Crippen LogP contribution in [0.15, 0.2) is 84.3 Å². The van der Waals surface area contributed by atoms with Gasteiger partial charge in [-0.3, -0.25) is 39.1 Å². The largest absolute Gasteiger partial charge is 0.481 e. The van der Waals surface area contributed by atoms with Crippen molar-refractivity contribution >= 4 is 57.7 Å². The van der Waals surface area contributed by atoms with Crippen LogP contribution in [0, 0.1) is 0 Å². The molecule has 1 unspecified atom stereocenters. The predicted molar refractivity (Wildman–Crippen MR) is 212 cm³/mol. The number of imide groups is 2. The Morgan fingerprint density at radius 1 is 0.947 bits per heavy atom. The van der Waals surface area contributed by atoms with Gasteiger partial charge in [-0.15, -0.1) is 6.58 Å². The van der Waals surface area contributed by atoms with Crippen LogP contribution >= 0.6 is 0 Å². The Balaban J connectivity index is 0.845. The summed E-state index contributed by atoms with van der Waals surface area (Å²) in [5.74, 6) is -0.859. The van der Waals surface area contributed by atoms with Gasteiger partial charge >= 0.3 is 0 Å². The minimum atomic E-state index is -0.999. The zero-order chi connectivity index (χ0) is 39.6. The predicted octanol–water partition coefficient (Wildman–Crippen LogP) is 2.94. The van der Waals surface area contributed by atoms with Crippen LogP contribution in [0.5, 0.6) is 5.88 Å². The number of amides is 4. The van der Waals surface area contributed by atoms with Crippen LogP contribution in [0.4, 0.5) is 23.0 Å². The van der Waals surface area contributed by atoms with Gasteiger partial charge in [0.05, 0.1) is 24.8 Å². The average Bonchev–Trinajstić information content (AvgIpc) is 3.65. The molecule has 6 heterocycles. The van der Waals surface area contributed by atoms with Crippen LogP contribution in [0.25, 0.3) is 16.9 Å². The molecule has 3 aromatic heterocycles. The molecule has 0 bridgehead atoms. The molecule has 17 nitrogen and oxygen atoms in total. The van der Waals surface area contributed by atoms with E-state index in [1.54, 1.807) is 47.2 Å². The van der Waals surface area contributed by atoms with Crippen molar-refractivity contribution in [2.24, 2.45) is 0 Å². The number of nitrogens with one attached hydrogen (secondary N) is 3. The van der Waals surface area contributed by atoms with E-state index in [2.05, 4.69) is 54.4 Å². The number of hydrogen-bond donors (Lipinski definition) is 3. The molecule has 2 fully saturated rings. The summed E-state index contributed by atoms with van der Waals surface area (Å²) in [6, 6.07) is 17.5. The van der Waals surface area contributed by atoms with Gasteiger partial charge in [0.25, 0.3) is 17.4 Å². The first-order chi connectivity index (χ1) is 27.7. The lowest BCUT2D eigenvalue weighted by Crippen LogP contribution is -2.54. The number of anilines is 4. The van der Waals surface area contributed by atoms with Gasteiger partial charge in [-0.25, -0.2) is 14.3 Å². The van der Waals surface area contributed by atoms with E-state index in [-0.39, 0.29) is 36.1 Å². The van der Waals surface area contributed by atoms with E-state index in [0.717, 1.165) is 55.4 Å². The molecule has 0 radical (unpaired) electrons. The molecule has 57 heavy (non-hydrogen) atoms. The van der Waals surface area contributed by atoms with Gasteiger partial charge in [0.2, 0.25) is 23.6 Å². The molecule has 3 aliphatic heterocycles. The Labute approximate surface area is 326 Å². The van der Waals surface area contributed by atoms with E-state index in [0.29, 0.717) is 40.9 Å². The van der Waals surface area contributed by atoms with Crippen LogP contribution in [0.2, 0.25) is 0 Å². The molecule has 1 atom stereocenters. The van der Waals surface area contributed by atoms with Crippen LogP contribution in [-0.4, -0.2) is 110 Å². The first kappa shape index (κ1) is 37.1. The Hall–Kier alpha value is -6.88. The molecular formula is C40H41N11O6. The quantitative estimate of drug-likeness (QED) is 0.0902. The van der Waals surface area contributed by atoms with Gasteiger partial charge in [-0.1, -0.05) is 18.2 Å². The van der Waals surface area contributed by atoms with E-state index in [4.69, 9.17) is 9.72 Å². The highest BCUT2D eigenvalue weighted by Crippen LogP contribution is 2.32. The normalized spacial score (nSPS) is 17.2. The number of ether oxygens (including phenoxy) is 1. The average molecular weight is 772 g/mol. The van der Waals surface area contributed by atoms with Crippen molar-refractivity contribution in [2.75, 3.05) is 61.9 Å². The molecule has 0 saturated carbocycles. The maximum Gasteiger partial charge on any atom is 0.278 e. The summed E-state index contributed by atoms with van der Waals surface area (Å²) in [4.78, 5) is 83.3. The SMILES string of the molecule is C=CCn1c(=O)c2cnc(Nc3ccc(N4CCN(CCCNc5cccc6c5C(=O)N(C5CCC(=O)NC5=O)C6=O)CC4)cc3)nc2n1-c1cccc(OC)n1. The highest BCUT2D eigenvalue weighted by Gasteiger charge is 2.45. The van der Waals surface area contributed by atoms with Crippen molar-refractivity contribution in [1.29, 1.82) is 0 Å². The number of aromatic nitrogens is 5. The summed E-state index contributed by atoms with van der Waals surface area (Å²) in [6.45, 7) is 8.99. The smallest absolute Gasteiger partial charge is 0.278 e. The Kier molecular flexibility index (Phi) is 10.2. The number of piperidine rings is 1. The first-order valence-electron chi connectivity index (χ1n) is 18.8. The maximum absolute atomic E-state index is 13.4. The minimum Gasteiger partial charge on any atom is -0.481 e. The zero-order valence-electron chi connectivity index (χ0n) is 31.3. The summed E-state index contributed by atoms with van der Waals surface area (Å²) in [7, 11) is 1.53. The molecule has 292 valence electrons. The maximum atomic E-state index is 13.4. The molecule has 5 aromatic rings. The van der Waals surface area contributed by atoms with Gasteiger partial charge in [0.1, 0.15) is 11.4 Å². The molecule has 0 aliphatic carbocycles. The molecule has 3 N–H and O–H groups in total. The fourth-order valence-electron chi connectivity index (χ4n) is 7.55. The van der Waals surface area contributed by atoms with Crippen LogP contribution in [-0.2, 0) is 16.1 Å². The third-order valence-corrected chi connectivity index (χ3v) is 10.4. The number of piperazine rings is 1. The number of allylic oxidation sites excluding steroid dienone is 1. The molecule has 2 aromatic carbocycles. The summed E-state index contributed by atoms with van der Waals surface area (Å²) in [5, 5.41) is 9.18. The van der Waals surface area contributed by atoms with E-state index in [1.807, 2.05) is 12.1 Å². The second kappa shape index (κ2) is 15.7. The van der Waals surface area contributed by atoms with E-state index >= 15 is 0 Å². The third kappa shape index (κ3) is 7.19. The van der Waals surface area contributed by atoms with Gasteiger partial charge in [-0.2, -0.15) is 9.97 Å². The molecule has 4 amide bonds. The molecule has 3 aliphatic rings. The van der Waals surface area contributed by atoms with Crippen molar-refractivity contribution < 1.29 is 23.9 Å². The second-order valence-corrected chi connectivity index (χ2v) is 13.9. The lowest BCUT2D eigenvalue weighted by atomic mass is 10.0. The number of hydrogen-bond acceptors (Lipinski definition) is 13. The van der Waals surface area contributed by atoms with Crippen molar-refractivity contribution in [3.8, 4) is 11.7 Å². The van der Waals surface area contributed by atoms with Crippen LogP contribution in [0.3, 0.4) is 0 Å². The summed E-state index contributed by atoms with van der Waals surface area (Å²) in [6.07, 6.45) is 4.17. The number of fused-ring (bicyclic) bond motifs is 2. The summed E-state index contributed by atoms with van der Waals surface area (Å²) < 4.78 is 8.46. The molecular weight excluding hydrogens is 731 g/mol. The topological polar surface area (TPSA) is 189 Å².